The first-order valence-corrected chi connectivity index (χ1v) is 7.15. The number of rotatable bonds is 5. The summed E-state index contributed by atoms with van der Waals surface area (Å²) in [7, 11) is 3.59. The van der Waals surface area contributed by atoms with Crippen molar-refractivity contribution in [2.24, 2.45) is 0 Å². The van der Waals surface area contributed by atoms with E-state index in [2.05, 4.69) is 11.4 Å². The summed E-state index contributed by atoms with van der Waals surface area (Å²) < 4.78 is 5.25. The molecule has 106 valence electrons. The highest BCUT2D eigenvalue weighted by Crippen LogP contribution is 2.31. The van der Waals surface area contributed by atoms with E-state index < -0.39 is 0 Å². The quantitative estimate of drug-likeness (QED) is 0.877. The highest BCUT2D eigenvalue weighted by atomic mass is 35.5. The van der Waals surface area contributed by atoms with Gasteiger partial charge in [0.1, 0.15) is 5.75 Å². The molecule has 0 saturated carbocycles. The maximum atomic E-state index is 6.29. The molecule has 0 bridgehead atoms. The molecule has 0 fully saturated rings. The summed E-state index contributed by atoms with van der Waals surface area (Å²) in [4.78, 5) is 0. The minimum absolute atomic E-state index is 0.105. The molecule has 0 aliphatic carbocycles. The third-order valence-electron chi connectivity index (χ3n) is 3.28. The zero-order valence-corrected chi connectivity index (χ0v) is 13.0. The molecule has 2 rings (SSSR count). The van der Waals surface area contributed by atoms with E-state index in [1.807, 2.05) is 37.4 Å². The van der Waals surface area contributed by atoms with Crippen molar-refractivity contribution in [3.8, 4) is 5.75 Å². The first-order valence-electron chi connectivity index (χ1n) is 6.39. The van der Waals surface area contributed by atoms with Gasteiger partial charge in [-0.1, -0.05) is 47.5 Å². The molecule has 0 heterocycles. The average molecular weight is 310 g/mol. The van der Waals surface area contributed by atoms with Crippen LogP contribution in [-0.4, -0.2) is 14.2 Å². The van der Waals surface area contributed by atoms with E-state index in [-0.39, 0.29) is 6.04 Å². The molecule has 1 atom stereocenters. The lowest BCUT2D eigenvalue weighted by Gasteiger charge is -2.19. The van der Waals surface area contributed by atoms with E-state index >= 15 is 0 Å². The molecule has 0 amide bonds. The second-order valence-electron chi connectivity index (χ2n) is 4.54. The molecule has 2 aromatic rings. The van der Waals surface area contributed by atoms with Crippen LogP contribution in [0.4, 0.5) is 0 Å². The summed E-state index contributed by atoms with van der Waals surface area (Å²) in [5.41, 5.74) is 2.18. The van der Waals surface area contributed by atoms with Gasteiger partial charge < -0.3 is 10.1 Å². The van der Waals surface area contributed by atoms with Gasteiger partial charge in [-0.15, -0.1) is 0 Å². The highest BCUT2D eigenvalue weighted by molar-refractivity contribution is 6.42. The van der Waals surface area contributed by atoms with E-state index in [4.69, 9.17) is 27.9 Å². The number of benzene rings is 2. The van der Waals surface area contributed by atoms with Crippen LogP contribution in [0.25, 0.3) is 0 Å². The summed E-state index contributed by atoms with van der Waals surface area (Å²) in [6, 6.07) is 13.8. The summed E-state index contributed by atoms with van der Waals surface area (Å²) >= 11 is 12.4. The molecular formula is C16H17Cl2NO. The zero-order chi connectivity index (χ0) is 14.5. The molecule has 0 aliphatic heterocycles. The van der Waals surface area contributed by atoms with E-state index in [9.17, 15) is 0 Å². The fourth-order valence-corrected chi connectivity index (χ4v) is 2.63. The van der Waals surface area contributed by atoms with Crippen molar-refractivity contribution < 1.29 is 4.74 Å². The van der Waals surface area contributed by atoms with Crippen molar-refractivity contribution >= 4 is 23.2 Å². The van der Waals surface area contributed by atoms with E-state index in [1.54, 1.807) is 13.2 Å². The van der Waals surface area contributed by atoms with Gasteiger partial charge in [0.15, 0.2) is 0 Å². The van der Waals surface area contributed by atoms with Crippen molar-refractivity contribution in [3.05, 3.63) is 63.6 Å². The second kappa shape index (κ2) is 6.98. The van der Waals surface area contributed by atoms with Gasteiger partial charge in [-0.05, 0) is 42.8 Å². The maximum absolute atomic E-state index is 6.29. The van der Waals surface area contributed by atoms with Crippen LogP contribution >= 0.6 is 23.2 Å². The normalized spacial score (nSPS) is 12.2. The van der Waals surface area contributed by atoms with Crippen LogP contribution in [0.2, 0.25) is 10.0 Å². The lowest BCUT2D eigenvalue weighted by Crippen LogP contribution is -2.19. The largest absolute Gasteiger partial charge is 0.497 e. The molecule has 2 aromatic carbocycles. The molecule has 0 saturated heterocycles. The van der Waals surface area contributed by atoms with Crippen molar-refractivity contribution in [3.63, 3.8) is 0 Å². The van der Waals surface area contributed by atoms with Crippen molar-refractivity contribution in [2.45, 2.75) is 12.5 Å². The van der Waals surface area contributed by atoms with Crippen LogP contribution in [0.3, 0.4) is 0 Å². The number of hydrogen-bond acceptors (Lipinski definition) is 2. The average Bonchev–Trinajstić information content (AvgIpc) is 2.48. The minimum Gasteiger partial charge on any atom is -0.497 e. The van der Waals surface area contributed by atoms with Gasteiger partial charge in [0, 0.05) is 6.04 Å². The van der Waals surface area contributed by atoms with Crippen molar-refractivity contribution in [1.82, 2.24) is 5.32 Å². The molecular weight excluding hydrogens is 293 g/mol. The number of hydrogen-bond donors (Lipinski definition) is 1. The van der Waals surface area contributed by atoms with Gasteiger partial charge in [-0.2, -0.15) is 0 Å². The number of methoxy groups -OCH3 is 1. The number of likely N-dealkylation sites (N-methyl/N-ethyl adjacent to an activating group) is 1. The topological polar surface area (TPSA) is 21.3 Å². The van der Waals surface area contributed by atoms with Crippen LogP contribution in [0.15, 0.2) is 42.5 Å². The Hall–Kier alpha value is -1.22. The fraction of sp³-hybridized carbons (Fsp3) is 0.250. The van der Waals surface area contributed by atoms with Crippen LogP contribution in [-0.2, 0) is 6.42 Å². The van der Waals surface area contributed by atoms with Crippen molar-refractivity contribution in [2.75, 3.05) is 14.2 Å². The van der Waals surface area contributed by atoms with Gasteiger partial charge in [0.2, 0.25) is 0 Å². The van der Waals surface area contributed by atoms with Crippen LogP contribution in [0.1, 0.15) is 17.2 Å². The Morgan fingerprint density at radius 1 is 1.15 bits per heavy atom. The minimum atomic E-state index is 0.105. The third-order valence-corrected chi connectivity index (χ3v) is 4.11. The lowest BCUT2D eigenvalue weighted by molar-refractivity contribution is 0.414. The van der Waals surface area contributed by atoms with Gasteiger partial charge in [0.25, 0.3) is 0 Å². The highest BCUT2D eigenvalue weighted by Gasteiger charge is 2.15. The Labute approximate surface area is 129 Å². The SMILES string of the molecule is CNC(Cc1cccc(OC)c1)c1cccc(Cl)c1Cl. The molecule has 0 spiro atoms. The Morgan fingerprint density at radius 3 is 2.60 bits per heavy atom. The maximum Gasteiger partial charge on any atom is 0.119 e. The number of halogens is 2. The molecule has 1 unspecified atom stereocenters. The molecule has 4 heteroatoms. The molecule has 0 aromatic heterocycles. The van der Waals surface area contributed by atoms with E-state index in [0.717, 1.165) is 17.7 Å². The standard InChI is InChI=1S/C16H17Cl2NO/c1-19-15(13-7-4-8-14(17)16(13)18)10-11-5-3-6-12(9-11)20-2/h3-9,15,19H,10H2,1-2H3. The predicted octanol–water partition coefficient (Wildman–Crippen LogP) is 4.51. The molecule has 20 heavy (non-hydrogen) atoms. The summed E-state index contributed by atoms with van der Waals surface area (Å²) in [5, 5.41) is 4.48. The zero-order valence-electron chi connectivity index (χ0n) is 11.5. The molecule has 1 N–H and O–H groups in total. The summed E-state index contributed by atoms with van der Waals surface area (Å²) in [6.07, 6.45) is 0.813. The van der Waals surface area contributed by atoms with Crippen molar-refractivity contribution in [1.29, 1.82) is 0 Å². The summed E-state index contributed by atoms with van der Waals surface area (Å²) in [6.45, 7) is 0. The van der Waals surface area contributed by atoms with Gasteiger partial charge in [-0.25, -0.2) is 0 Å². The Kier molecular flexibility index (Phi) is 5.30. The predicted molar refractivity (Wildman–Crippen MR) is 85.0 cm³/mol. The first-order chi connectivity index (χ1) is 9.65. The third kappa shape index (κ3) is 3.45. The van der Waals surface area contributed by atoms with Crippen LogP contribution in [0, 0.1) is 0 Å². The van der Waals surface area contributed by atoms with Crippen LogP contribution in [0.5, 0.6) is 5.75 Å². The van der Waals surface area contributed by atoms with Crippen LogP contribution < -0.4 is 10.1 Å². The molecule has 0 aliphatic rings. The monoisotopic (exact) mass is 309 g/mol. The fourth-order valence-electron chi connectivity index (χ4n) is 2.19. The first kappa shape index (κ1) is 15.2. The Balaban J connectivity index is 2.26. The Bertz CT molecular complexity index is 586. The van der Waals surface area contributed by atoms with Gasteiger partial charge >= 0.3 is 0 Å². The molecule has 0 radical (unpaired) electrons. The molecule has 2 nitrogen and oxygen atoms in total. The smallest absolute Gasteiger partial charge is 0.119 e. The number of nitrogens with one attached hydrogen (secondary N) is 1. The van der Waals surface area contributed by atoms with Gasteiger partial charge in [0.05, 0.1) is 17.2 Å². The Morgan fingerprint density at radius 2 is 1.90 bits per heavy atom. The van der Waals surface area contributed by atoms with E-state index in [1.165, 1.54) is 5.56 Å². The summed E-state index contributed by atoms with van der Waals surface area (Å²) in [5.74, 6) is 0.856. The van der Waals surface area contributed by atoms with Gasteiger partial charge in [-0.3, -0.25) is 0 Å². The lowest BCUT2D eigenvalue weighted by atomic mass is 9.99. The van der Waals surface area contributed by atoms with E-state index in [0.29, 0.717) is 10.0 Å². The number of ether oxygens (including phenoxy) is 1. The second-order valence-corrected chi connectivity index (χ2v) is 5.33.